The molecule has 0 amide bonds. The van der Waals surface area contributed by atoms with Gasteiger partial charge in [0, 0.05) is 43.7 Å². The lowest BCUT2D eigenvalue weighted by Crippen LogP contribution is -2.73. The molecule has 0 aromatic heterocycles. The van der Waals surface area contributed by atoms with Gasteiger partial charge in [0.05, 0.1) is 7.11 Å². The lowest BCUT2D eigenvalue weighted by Gasteiger charge is -2.67. The SMILES string of the molecule is COc1ccc(CN2CC3(C2)CN(C(C)C)C3c2ccccc2C(C)C)cc1. The zero-order valence-corrected chi connectivity index (χ0v) is 18.0. The Hall–Kier alpha value is -1.84. The summed E-state index contributed by atoms with van der Waals surface area (Å²) < 4.78 is 5.28. The van der Waals surface area contributed by atoms with E-state index in [0.717, 1.165) is 12.3 Å². The fraction of sp³-hybridized carbons (Fsp3) is 0.520. The smallest absolute Gasteiger partial charge is 0.118 e. The highest BCUT2D eigenvalue weighted by Crippen LogP contribution is 2.56. The Kier molecular flexibility index (Phi) is 5.24. The largest absolute Gasteiger partial charge is 0.497 e. The molecule has 2 fully saturated rings. The molecule has 150 valence electrons. The van der Waals surface area contributed by atoms with E-state index in [1.807, 2.05) is 0 Å². The zero-order valence-electron chi connectivity index (χ0n) is 18.0. The molecule has 2 saturated heterocycles. The fourth-order valence-corrected chi connectivity index (χ4v) is 5.27. The number of hydrogen-bond donors (Lipinski definition) is 0. The summed E-state index contributed by atoms with van der Waals surface area (Å²) in [5, 5.41) is 0. The molecule has 2 aromatic carbocycles. The summed E-state index contributed by atoms with van der Waals surface area (Å²) >= 11 is 0. The van der Waals surface area contributed by atoms with E-state index in [9.17, 15) is 0 Å². The number of likely N-dealkylation sites (tertiary alicyclic amines) is 2. The number of methoxy groups -OCH3 is 1. The first-order chi connectivity index (χ1) is 13.4. The van der Waals surface area contributed by atoms with E-state index >= 15 is 0 Å². The molecule has 2 aliphatic heterocycles. The molecule has 4 rings (SSSR count). The van der Waals surface area contributed by atoms with E-state index in [4.69, 9.17) is 4.74 Å². The van der Waals surface area contributed by atoms with Crippen LogP contribution in [0.2, 0.25) is 0 Å². The van der Waals surface area contributed by atoms with Gasteiger partial charge in [-0.2, -0.15) is 0 Å². The third-order valence-corrected chi connectivity index (χ3v) is 6.63. The highest BCUT2D eigenvalue weighted by molar-refractivity contribution is 5.38. The Morgan fingerprint density at radius 1 is 0.964 bits per heavy atom. The van der Waals surface area contributed by atoms with E-state index in [1.165, 1.54) is 30.8 Å². The standard InChI is InChI=1S/C25H34N2O/c1-18(2)22-8-6-7-9-23(22)24-25(17-27(24)19(3)4)15-26(16-25)14-20-10-12-21(28-5)13-11-20/h6-13,18-19,24H,14-17H2,1-5H3. The van der Waals surface area contributed by atoms with Crippen LogP contribution in [0.5, 0.6) is 5.75 Å². The lowest BCUT2D eigenvalue weighted by molar-refractivity contribution is -0.182. The van der Waals surface area contributed by atoms with Crippen molar-refractivity contribution in [3.05, 3.63) is 65.2 Å². The summed E-state index contributed by atoms with van der Waals surface area (Å²) in [4.78, 5) is 5.30. The maximum absolute atomic E-state index is 5.28. The number of nitrogens with zero attached hydrogens (tertiary/aromatic N) is 2. The van der Waals surface area contributed by atoms with Gasteiger partial charge in [-0.1, -0.05) is 50.2 Å². The second-order valence-corrected chi connectivity index (χ2v) is 9.31. The van der Waals surface area contributed by atoms with Crippen LogP contribution in [0.3, 0.4) is 0 Å². The molecule has 1 unspecified atom stereocenters. The molecule has 3 heteroatoms. The van der Waals surface area contributed by atoms with Crippen molar-refractivity contribution in [3.63, 3.8) is 0 Å². The van der Waals surface area contributed by atoms with Crippen molar-refractivity contribution in [1.29, 1.82) is 0 Å². The lowest BCUT2D eigenvalue weighted by atomic mass is 9.62. The second kappa shape index (κ2) is 7.53. The summed E-state index contributed by atoms with van der Waals surface area (Å²) in [6.45, 7) is 14.0. The molecule has 1 spiro atoms. The molecule has 3 nitrogen and oxygen atoms in total. The van der Waals surface area contributed by atoms with Gasteiger partial charge < -0.3 is 4.74 Å². The molecule has 0 N–H and O–H groups in total. The van der Waals surface area contributed by atoms with Crippen LogP contribution in [0.25, 0.3) is 0 Å². The number of benzene rings is 2. The molecule has 0 saturated carbocycles. The molecule has 0 aliphatic carbocycles. The maximum Gasteiger partial charge on any atom is 0.118 e. The Labute approximate surface area is 170 Å². The van der Waals surface area contributed by atoms with Crippen LogP contribution < -0.4 is 4.74 Å². The van der Waals surface area contributed by atoms with E-state index in [0.29, 0.717) is 23.4 Å². The van der Waals surface area contributed by atoms with Crippen molar-refractivity contribution < 1.29 is 4.74 Å². The molecular formula is C25H34N2O. The van der Waals surface area contributed by atoms with Gasteiger partial charge in [-0.3, -0.25) is 9.80 Å². The average molecular weight is 379 g/mol. The van der Waals surface area contributed by atoms with Crippen LogP contribution in [0.4, 0.5) is 0 Å². The first-order valence-corrected chi connectivity index (χ1v) is 10.6. The highest BCUT2D eigenvalue weighted by atomic mass is 16.5. The van der Waals surface area contributed by atoms with E-state index < -0.39 is 0 Å². The fourth-order valence-electron chi connectivity index (χ4n) is 5.27. The van der Waals surface area contributed by atoms with Gasteiger partial charge in [0.1, 0.15) is 5.75 Å². The van der Waals surface area contributed by atoms with Crippen LogP contribution in [0.15, 0.2) is 48.5 Å². The quantitative estimate of drug-likeness (QED) is 0.697. The maximum atomic E-state index is 5.28. The number of rotatable bonds is 6. The molecule has 0 radical (unpaired) electrons. The minimum absolute atomic E-state index is 0.418. The van der Waals surface area contributed by atoms with Crippen molar-refractivity contribution in [3.8, 4) is 5.75 Å². The van der Waals surface area contributed by atoms with Gasteiger partial charge in [0.25, 0.3) is 0 Å². The number of hydrogen-bond acceptors (Lipinski definition) is 3. The van der Waals surface area contributed by atoms with Gasteiger partial charge in [0.2, 0.25) is 0 Å². The van der Waals surface area contributed by atoms with Crippen LogP contribution in [-0.4, -0.2) is 42.6 Å². The molecule has 1 atom stereocenters. The van der Waals surface area contributed by atoms with Gasteiger partial charge in [-0.25, -0.2) is 0 Å². The monoisotopic (exact) mass is 378 g/mol. The summed E-state index contributed by atoms with van der Waals surface area (Å²) in [5.41, 5.74) is 4.86. The van der Waals surface area contributed by atoms with Crippen LogP contribution >= 0.6 is 0 Å². The van der Waals surface area contributed by atoms with Crippen LogP contribution in [0.1, 0.15) is 56.3 Å². The Morgan fingerprint density at radius 2 is 1.64 bits per heavy atom. The number of ether oxygens (including phenoxy) is 1. The third kappa shape index (κ3) is 3.35. The summed E-state index contributed by atoms with van der Waals surface area (Å²) in [5.74, 6) is 1.50. The molecular weight excluding hydrogens is 344 g/mol. The minimum Gasteiger partial charge on any atom is -0.497 e. The molecule has 2 aliphatic rings. The molecule has 2 aromatic rings. The van der Waals surface area contributed by atoms with Gasteiger partial charge in [-0.15, -0.1) is 0 Å². The van der Waals surface area contributed by atoms with Gasteiger partial charge in [-0.05, 0) is 48.6 Å². The molecule has 2 heterocycles. The Morgan fingerprint density at radius 3 is 2.25 bits per heavy atom. The van der Waals surface area contributed by atoms with Crippen molar-refractivity contribution >= 4 is 0 Å². The predicted molar refractivity (Wildman–Crippen MR) is 116 cm³/mol. The van der Waals surface area contributed by atoms with Gasteiger partial charge in [0.15, 0.2) is 0 Å². The van der Waals surface area contributed by atoms with E-state index in [1.54, 1.807) is 12.7 Å². The first-order valence-electron chi connectivity index (χ1n) is 10.6. The summed E-state index contributed by atoms with van der Waals surface area (Å²) in [6.07, 6.45) is 0. The topological polar surface area (TPSA) is 15.7 Å². The average Bonchev–Trinajstić information content (AvgIpc) is 2.63. The van der Waals surface area contributed by atoms with E-state index in [-0.39, 0.29) is 0 Å². The van der Waals surface area contributed by atoms with E-state index in [2.05, 4.69) is 86.0 Å². The highest BCUT2D eigenvalue weighted by Gasteiger charge is 2.60. The van der Waals surface area contributed by atoms with Crippen molar-refractivity contribution in [1.82, 2.24) is 9.80 Å². The zero-order chi connectivity index (χ0) is 19.9. The Balaban J connectivity index is 1.50. The first kappa shape index (κ1) is 19.5. The minimum atomic E-state index is 0.418. The third-order valence-electron chi connectivity index (χ3n) is 6.63. The normalized spacial score (nSPS) is 21.8. The van der Waals surface area contributed by atoms with Gasteiger partial charge >= 0.3 is 0 Å². The summed E-state index contributed by atoms with van der Waals surface area (Å²) in [7, 11) is 1.72. The van der Waals surface area contributed by atoms with Crippen molar-refractivity contribution in [2.24, 2.45) is 5.41 Å². The Bertz CT molecular complexity index is 806. The van der Waals surface area contributed by atoms with Crippen molar-refractivity contribution in [2.75, 3.05) is 26.7 Å². The molecule has 28 heavy (non-hydrogen) atoms. The molecule has 0 bridgehead atoms. The summed E-state index contributed by atoms with van der Waals surface area (Å²) in [6, 6.07) is 18.8. The van der Waals surface area contributed by atoms with Crippen LogP contribution in [0, 0.1) is 5.41 Å². The second-order valence-electron chi connectivity index (χ2n) is 9.31. The van der Waals surface area contributed by atoms with Crippen molar-refractivity contribution in [2.45, 2.75) is 52.2 Å². The van der Waals surface area contributed by atoms with Crippen LogP contribution in [-0.2, 0) is 6.54 Å². The predicted octanol–water partition coefficient (Wildman–Crippen LogP) is 5.09.